The van der Waals surface area contributed by atoms with Crippen LogP contribution in [0, 0.1) is 5.92 Å². The molecule has 0 aromatic heterocycles. The molecule has 0 aromatic carbocycles. The van der Waals surface area contributed by atoms with Crippen LogP contribution in [-0.4, -0.2) is 12.7 Å². The molecular weight excluding hydrogens is 148 g/mol. The second-order valence-electron chi connectivity index (χ2n) is 3.59. The van der Waals surface area contributed by atoms with Crippen molar-refractivity contribution in [3.8, 4) is 0 Å². The summed E-state index contributed by atoms with van der Waals surface area (Å²) in [5.74, 6) is 0.650. The Morgan fingerprint density at radius 3 is 2.42 bits per heavy atom. The fourth-order valence-corrected chi connectivity index (χ4v) is 1.02. The van der Waals surface area contributed by atoms with Gasteiger partial charge in [0.15, 0.2) is 0 Å². The van der Waals surface area contributed by atoms with Gasteiger partial charge in [-0.15, -0.1) is 6.58 Å². The molecule has 70 valence electrons. The van der Waals surface area contributed by atoms with E-state index in [-0.39, 0.29) is 6.10 Å². The van der Waals surface area contributed by atoms with Crippen LogP contribution < -0.4 is 0 Å². The molecule has 0 fully saturated rings. The Balaban J connectivity index is 3.86. The molecule has 0 radical (unpaired) electrons. The monoisotopic (exact) mass is 168 g/mol. The summed E-state index contributed by atoms with van der Waals surface area (Å²) < 4.78 is 5.55. The molecule has 0 aliphatic carbocycles. The Morgan fingerprint density at radius 2 is 2.08 bits per heavy atom. The van der Waals surface area contributed by atoms with Gasteiger partial charge in [0.25, 0.3) is 0 Å². The lowest BCUT2D eigenvalue weighted by Crippen LogP contribution is -2.16. The number of hydrogen-bond acceptors (Lipinski definition) is 1. The Bertz CT molecular complexity index is 147. The lowest BCUT2D eigenvalue weighted by molar-refractivity contribution is 0.0851. The van der Waals surface area contributed by atoms with Gasteiger partial charge in [0.1, 0.15) is 0 Å². The van der Waals surface area contributed by atoms with Crippen LogP contribution in [0.3, 0.4) is 0 Å². The molecule has 0 unspecified atom stereocenters. The summed E-state index contributed by atoms with van der Waals surface area (Å²) in [6, 6.07) is 0. The maximum Gasteiger partial charge on any atom is 0.0786 e. The molecular formula is C11H20O. The minimum atomic E-state index is 0.197. The SMILES string of the molecule is C=CCO[C@@H](CC(C)C)C(=C)C. The van der Waals surface area contributed by atoms with Crippen LogP contribution in [0.25, 0.3) is 0 Å². The molecule has 0 N–H and O–H groups in total. The lowest BCUT2D eigenvalue weighted by atomic mass is 10.0. The summed E-state index contributed by atoms with van der Waals surface area (Å²) in [6.07, 6.45) is 3.02. The van der Waals surface area contributed by atoms with E-state index in [4.69, 9.17) is 4.74 Å². The van der Waals surface area contributed by atoms with Gasteiger partial charge in [0.2, 0.25) is 0 Å². The molecule has 12 heavy (non-hydrogen) atoms. The Morgan fingerprint density at radius 1 is 1.50 bits per heavy atom. The van der Waals surface area contributed by atoms with E-state index in [0.717, 1.165) is 12.0 Å². The average Bonchev–Trinajstić information content (AvgIpc) is 1.96. The van der Waals surface area contributed by atoms with Crippen molar-refractivity contribution in [2.24, 2.45) is 5.92 Å². The zero-order valence-electron chi connectivity index (χ0n) is 8.47. The fourth-order valence-electron chi connectivity index (χ4n) is 1.02. The highest BCUT2D eigenvalue weighted by molar-refractivity contribution is 4.98. The van der Waals surface area contributed by atoms with Gasteiger partial charge >= 0.3 is 0 Å². The second kappa shape index (κ2) is 6.01. The molecule has 0 saturated heterocycles. The summed E-state index contributed by atoms with van der Waals surface area (Å²) in [4.78, 5) is 0. The maximum absolute atomic E-state index is 5.55. The topological polar surface area (TPSA) is 9.23 Å². The third kappa shape index (κ3) is 5.14. The number of hydrogen-bond donors (Lipinski definition) is 0. The first-order chi connectivity index (χ1) is 5.57. The van der Waals surface area contributed by atoms with Crippen LogP contribution >= 0.6 is 0 Å². The zero-order chi connectivity index (χ0) is 9.56. The highest BCUT2D eigenvalue weighted by Gasteiger charge is 2.10. The van der Waals surface area contributed by atoms with Gasteiger partial charge in [-0.25, -0.2) is 0 Å². The van der Waals surface area contributed by atoms with Gasteiger partial charge in [-0.3, -0.25) is 0 Å². The van der Waals surface area contributed by atoms with Crippen LogP contribution in [0.1, 0.15) is 27.2 Å². The lowest BCUT2D eigenvalue weighted by Gasteiger charge is -2.18. The largest absolute Gasteiger partial charge is 0.370 e. The molecule has 0 spiro atoms. The Hall–Kier alpha value is -0.560. The average molecular weight is 168 g/mol. The zero-order valence-corrected chi connectivity index (χ0v) is 8.47. The van der Waals surface area contributed by atoms with Gasteiger partial charge in [-0.05, 0) is 19.3 Å². The van der Waals surface area contributed by atoms with Gasteiger partial charge in [-0.1, -0.05) is 32.1 Å². The van der Waals surface area contributed by atoms with E-state index in [9.17, 15) is 0 Å². The highest BCUT2D eigenvalue weighted by Crippen LogP contribution is 2.14. The van der Waals surface area contributed by atoms with Crippen LogP contribution in [0.15, 0.2) is 24.8 Å². The molecule has 0 amide bonds. The van der Waals surface area contributed by atoms with Crippen LogP contribution in [0.5, 0.6) is 0 Å². The molecule has 0 aliphatic heterocycles. The molecule has 0 aliphatic rings. The first-order valence-electron chi connectivity index (χ1n) is 4.45. The standard InChI is InChI=1S/C11H20O/c1-6-7-12-11(10(4)5)8-9(2)3/h6,9,11H,1,4,7-8H2,2-3,5H3/t11-/m0/s1. The van der Waals surface area contributed by atoms with E-state index in [0.29, 0.717) is 12.5 Å². The predicted molar refractivity (Wildman–Crippen MR) is 54.2 cm³/mol. The number of ether oxygens (including phenoxy) is 1. The quantitative estimate of drug-likeness (QED) is 0.553. The Kier molecular flexibility index (Phi) is 5.73. The van der Waals surface area contributed by atoms with Crippen molar-refractivity contribution in [1.29, 1.82) is 0 Å². The molecule has 0 bridgehead atoms. The minimum absolute atomic E-state index is 0.197. The third-order valence-electron chi connectivity index (χ3n) is 1.65. The van der Waals surface area contributed by atoms with Crippen molar-refractivity contribution in [3.05, 3.63) is 24.8 Å². The molecule has 0 aromatic rings. The normalized spacial score (nSPS) is 13.0. The van der Waals surface area contributed by atoms with Crippen molar-refractivity contribution >= 4 is 0 Å². The van der Waals surface area contributed by atoms with Crippen LogP contribution in [0.2, 0.25) is 0 Å². The number of rotatable bonds is 6. The summed E-state index contributed by atoms with van der Waals surface area (Å²) in [6.45, 7) is 14.5. The van der Waals surface area contributed by atoms with E-state index in [2.05, 4.69) is 27.0 Å². The van der Waals surface area contributed by atoms with E-state index < -0.39 is 0 Å². The maximum atomic E-state index is 5.55. The summed E-state index contributed by atoms with van der Waals surface area (Å²) in [5, 5.41) is 0. The van der Waals surface area contributed by atoms with Crippen molar-refractivity contribution in [2.45, 2.75) is 33.3 Å². The first kappa shape index (κ1) is 11.4. The minimum Gasteiger partial charge on any atom is -0.370 e. The molecule has 0 heterocycles. The van der Waals surface area contributed by atoms with Crippen molar-refractivity contribution in [2.75, 3.05) is 6.61 Å². The van der Waals surface area contributed by atoms with Gasteiger partial charge in [0.05, 0.1) is 12.7 Å². The molecule has 1 atom stereocenters. The van der Waals surface area contributed by atoms with E-state index >= 15 is 0 Å². The first-order valence-corrected chi connectivity index (χ1v) is 4.45. The third-order valence-corrected chi connectivity index (χ3v) is 1.65. The van der Waals surface area contributed by atoms with Gasteiger partial charge in [-0.2, -0.15) is 0 Å². The van der Waals surface area contributed by atoms with Crippen molar-refractivity contribution in [3.63, 3.8) is 0 Å². The molecule has 0 rings (SSSR count). The van der Waals surface area contributed by atoms with E-state index in [1.54, 1.807) is 6.08 Å². The van der Waals surface area contributed by atoms with Crippen LogP contribution in [0.4, 0.5) is 0 Å². The van der Waals surface area contributed by atoms with Gasteiger partial charge in [0, 0.05) is 0 Å². The smallest absolute Gasteiger partial charge is 0.0786 e. The summed E-state index contributed by atoms with van der Waals surface area (Å²) in [7, 11) is 0. The molecule has 1 nitrogen and oxygen atoms in total. The molecule has 0 saturated carbocycles. The molecule has 1 heteroatoms. The fraction of sp³-hybridized carbons (Fsp3) is 0.636. The Labute approximate surface area is 76.1 Å². The van der Waals surface area contributed by atoms with Crippen molar-refractivity contribution < 1.29 is 4.74 Å². The van der Waals surface area contributed by atoms with Crippen molar-refractivity contribution in [1.82, 2.24) is 0 Å². The van der Waals surface area contributed by atoms with E-state index in [1.165, 1.54) is 0 Å². The van der Waals surface area contributed by atoms with Crippen LogP contribution in [-0.2, 0) is 4.74 Å². The predicted octanol–water partition coefficient (Wildman–Crippen LogP) is 3.18. The summed E-state index contributed by atoms with van der Waals surface area (Å²) >= 11 is 0. The highest BCUT2D eigenvalue weighted by atomic mass is 16.5. The summed E-state index contributed by atoms with van der Waals surface area (Å²) in [5.41, 5.74) is 1.10. The van der Waals surface area contributed by atoms with Gasteiger partial charge < -0.3 is 4.74 Å². The van der Waals surface area contributed by atoms with E-state index in [1.807, 2.05) is 6.92 Å². The second-order valence-corrected chi connectivity index (χ2v) is 3.59.